The molecule has 0 aromatic rings. The third-order valence-electron chi connectivity index (χ3n) is 15.8. The molecular formula is C75H137N2O7P. The van der Waals surface area contributed by atoms with Gasteiger partial charge in [-0.2, -0.15) is 0 Å². The summed E-state index contributed by atoms with van der Waals surface area (Å²) in [4.78, 5) is 40.2. The minimum Gasteiger partial charge on any atom is -0.756 e. The van der Waals surface area contributed by atoms with Gasteiger partial charge in [0.25, 0.3) is 7.82 Å². The van der Waals surface area contributed by atoms with Crippen LogP contribution in [-0.2, 0) is 27.9 Å². The van der Waals surface area contributed by atoms with E-state index in [0.29, 0.717) is 17.4 Å². The summed E-state index contributed by atoms with van der Waals surface area (Å²) in [5.74, 6) is -0.538. The molecule has 0 aliphatic carbocycles. The largest absolute Gasteiger partial charge is 0.756 e. The van der Waals surface area contributed by atoms with Gasteiger partial charge in [-0.15, -0.1) is 0 Å². The molecule has 0 heterocycles. The van der Waals surface area contributed by atoms with E-state index >= 15 is 0 Å². The summed E-state index contributed by atoms with van der Waals surface area (Å²) in [7, 11) is 1.18. The highest BCUT2D eigenvalue weighted by Gasteiger charge is 2.27. The summed E-state index contributed by atoms with van der Waals surface area (Å²) in [6.07, 6.45) is 85.6. The van der Waals surface area contributed by atoms with E-state index in [9.17, 15) is 19.0 Å². The van der Waals surface area contributed by atoms with Crippen LogP contribution in [0.2, 0.25) is 0 Å². The fourth-order valence-corrected chi connectivity index (χ4v) is 11.0. The normalized spacial score (nSPS) is 14.0. The number of nitrogens with one attached hydrogen (secondary N) is 1. The van der Waals surface area contributed by atoms with Crippen molar-refractivity contribution in [1.82, 2.24) is 5.32 Å². The average molecular weight is 1210 g/mol. The van der Waals surface area contributed by atoms with Crippen molar-refractivity contribution in [2.24, 2.45) is 0 Å². The quantitative estimate of drug-likeness (QED) is 0.0212. The number of hydrogen-bond acceptors (Lipinski definition) is 7. The number of carbonyl (C=O) groups excluding carboxylic acids is 2. The lowest BCUT2D eigenvalue weighted by atomic mass is 10.0. The smallest absolute Gasteiger partial charge is 0.306 e. The maximum atomic E-state index is 13.6. The molecule has 0 saturated heterocycles. The highest BCUT2D eigenvalue weighted by molar-refractivity contribution is 7.45. The first kappa shape index (κ1) is 82.2. The number of quaternary nitrogens is 1. The van der Waals surface area contributed by atoms with Crippen LogP contribution in [0.4, 0.5) is 0 Å². The van der Waals surface area contributed by atoms with E-state index in [1.54, 1.807) is 0 Å². The first-order chi connectivity index (χ1) is 41.4. The first-order valence-corrected chi connectivity index (χ1v) is 37.4. The van der Waals surface area contributed by atoms with Gasteiger partial charge in [0.15, 0.2) is 0 Å². The molecule has 0 radical (unpaired) electrons. The maximum Gasteiger partial charge on any atom is 0.306 e. The van der Waals surface area contributed by atoms with Crippen LogP contribution in [0.1, 0.15) is 329 Å². The fourth-order valence-electron chi connectivity index (χ4n) is 10.3. The van der Waals surface area contributed by atoms with Gasteiger partial charge >= 0.3 is 5.97 Å². The Labute approximate surface area is 526 Å². The number of likely N-dealkylation sites (N-methyl/N-ethyl adjacent to an activating group) is 1. The first-order valence-electron chi connectivity index (χ1n) is 35.9. The average Bonchev–Trinajstić information content (AvgIpc) is 3.50. The second-order valence-corrected chi connectivity index (χ2v) is 26.8. The molecule has 10 heteroatoms. The minimum absolute atomic E-state index is 0.0248. The van der Waals surface area contributed by atoms with Crippen molar-refractivity contribution < 1.29 is 37.3 Å². The number of ether oxygens (including phenoxy) is 1. The van der Waals surface area contributed by atoms with Gasteiger partial charge < -0.3 is 28.5 Å². The Hall–Kier alpha value is -2.81. The predicted octanol–water partition coefficient (Wildman–Crippen LogP) is 22.3. The summed E-state index contributed by atoms with van der Waals surface area (Å²) >= 11 is 0. The lowest BCUT2D eigenvalue weighted by Crippen LogP contribution is -2.47. The lowest BCUT2D eigenvalue weighted by Gasteiger charge is -2.30. The molecule has 1 amide bonds. The molecule has 0 rings (SSSR count). The van der Waals surface area contributed by atoms with E-state index in [1.807, 2.05) is 33.3 Å². The van der Waals surface area contributed by atoms with E-state index in [0.717, 1.165) is 89.9 Å². The molecule has 85 heavy (non-hydrogen) atoms. The van der Waals surface area contributed by atoms with Crippen molar-refractivity contribution in [3.05, 3.63) is 85.1 Å². The van der Waals surface area contributed by atoms with Gasteiger partial charge in [0.2, 0.25) is 5.91 Å². The number of phosphoric ester groups is 1. The second kappa shape index (κ2) is 64.2. The second-order valence-electron chi connectivity index (χ2n) is 25.4. The number of esters is 1. The van der Waals surface area contributed by atoms with Crippen LogP contribution >= 0.6 is 7.82 Å². The van der Waals surface area contributed by atoms with Crippen LogP contribution in [0.15, 0.2) is 85.1 Å². The van der Waals surface area contributed by atoms with Crippen molar-refractivity contribution in [1.29, 1.82) is 0 Å². The molecule has 0 aromatic heterocycles. The van der Waals surface area contributed by atoms with E-state index in [-0.39, 0.29) is 24.9 Å². The van der Waals surface area contributed by atoms with Gasteiger partial charge in [0.05, 0.1) is 33.8 Å². The monoisotopic (exact) mass is 1210 g/mol. The van der Waals surface area contributed by atoms with E-state index < -0.39 is 26.6 Å². The van der Waals surface area contributed by atoms with Gasteiger partial charge in [-0.25, -0.2) is 0 Å². The Morgan fingerprint density at radius 2 is 0.753 bits per heavy atom. The molecule has 0 aliphatic heterocycles. The van der Waals surface area contributed by atoms with Crippen molar-refractivity contribution >= 4 is 19.7 Å². The van der Waals surface area contributed by atoms with Crippen LogP contribution in [0, 0.1) is 0 Å². The Bertz CT molecular complexity index is 1730. The SMILES string of the molecule is CC/C=C\C/C=C\C/C=C\C/C=C\C/C=C\CCCCCCCCCCCCCC(=O)OC(/C=C\CCCCCCCCCCCCC)C(COP(=O)([O-])OCC[N+](C)(C)C)NC(=O)CCCCCCCCCCC/C=C/CCCCCCCC. The molecule has 9 nitrogen and oxygen atoms in total. The number of allylic oxidation sites excluding steroid dienone is 13. The molecule has 3 unspecified atom stereocenters. The summed E-state index contributed by atoms with van der Waals surface area (Å²) in [6.45, 7) is 6.76. The van der Waals surface area contributed by atoms with Crippen molar-refractivity contribution in [3.8, 4) is 0 Å². The maximum absolute atomic E-state index is 13.6. The standard InChI is InChI=1S/C75H137N2O7P/c1-7-10-13-16-19-22-25-28-30-32-34-35-36-37-38-39-40-41-43-45-47-50-53-56-59-62-65-68-75(79)84-73(66-63-60-57-54-51-48-27-24-21-18-15-12-9-3)72(71-83-85(80,81)82-70-69-77(4,5)6)76-74(78)67-64-61-58-55-52-49-46-44-42-33-31-29-26-23-20-17-14-11-8-2/h10,13,19,22,28-31,34-35,37-38,63,66,72-73H,7-9,11-12,14-18,20-21,23-27,32-33,36,39-62,64-65,67-71H2,1-6H3,(H-,76,78,80,81)/b13-10-,22-19-,30-28-,31-29+,35-34-,38-37-,66-63-. The summed E-state index contributed by atoms with van der Waals surface area (Å²) in [6, 6.07) is -0.894. The summed E-state index contributed by atoms with van der Waals surface area (Å²) < 4.78 is 30.5. The predicted molar refractivity (Wildman–Crippen MR) is 367 cm³/mol. The molecule has 0 saturated carbocycles. The molecule has 3 atom stereocenters. The molecule has 0 fully saturated rings. The number of nitrogens with zero attached hydrogens (tertiary/aromatic N) is 1. The van der Waals surface area contributed by atoms with Crippen molar-refractivity contribution in [2.75, 3.05) is 40.9 Å². The fraction of sp³-hybridized carbons (Fsp3) is 0.787. The molecular weight excluding hydrogens is 1070 g/mol. The zero-order valence-corrected chi connectivity index (χ0v) is 57.4. The number of rotatable bonds is 65. The zero-order valence-electron chi connectivity index (χ0n) is 56.6. The topological polar surface area (TPSA) is 114 Å². The van der Waals surface area contributed by atoms with E-state index in [2.05, 4.69) is 99.0 Å². The van der Waals surface area contributed by atoms with E-state index in [4.69, 9.17) is 13.8 Å². The Balaban J connectivity index is 5.08. The third-order valence-corrected chi connectivity index (χ3v) is 16.8. The minimum atomic E-state index is -4.71. The number of amides is 1. The molecule has 1 N–H and O–H groups in total. The Morgan fingerprint density at radius 3 is 1.14 bits per heavy atom. The van der Waals surface area contributed by atoms with Crippen LogP contribution in [0.25, 0.3) is 0 Å². The molecule has 0 spiro atoms. The highest BCUT2D eigenvalue weighted by Crippen LogP contribution is 2.38. The van der Waals surface area contributed by atoms with Gasteiger partial charge in [-0.05, 0) is 102 Å². The molecule has 494 valence electrons. The summed E-state index contributed by atoms with van der Waals surface area (Å²) in [5, 5.41) is 3.04. The van der Waals surface area contributed by atoms with Crippen molar-refractivity contribution in [3.63, 3.8) is 0 Å². The van der Waals surface area contributed by atoms with E-state index in [1.165, 1.54) is 205 Å². The Morgan fingerprint density at radius 1 is 0.424 bits per heavy atom. The number of phosphoric acid groups is 1. The number of carbonyl (C=O) groups is 2. The Kier molecular flexibility index (Phi) is 62.1. The highest BCUT2D eigenvalue weighted by atomic mass is 31.2. The van der Waals surface area contributed by atoms with Crippen LogP contribution in [0.5, 0.6) is 0 Å². The van der Waals surface area contributed by atoms with Gasteiger partial charge in [-0.3, -0.25) is 14.2 Å². The lowest BCUT2D eigenvalue weighted by molar-refractivity contribution is -0.870. The molecule has 0 aromatic carbocycles. The van der Waals surface area contributed by atoms with Gasteiger partial charge in [-0.1, -0.05) is 299 Å². The van der Waals surface area contributed by atoms with Crippen LogP contribution in [0.3, 0.4) is 0 Å². The van der Waals surface area contributed by atoms with Gasteiger partial charge in [0.1, 0.15) is 19.3 Å². The van der Waals surface area contributed by atoms with Crippen LogP contribution in [-0.4, -0.2) is 69.4 Å². The zero-order chi connectivity index (χ0) is 62.1. The number of hydrogen-bond donors (Lipinski definition) is 1. The van der Waals surface area contributed by atoms with Crippen molar-refractivity contribution in [2.45, 2.75) is 341 Å². The summed E-state index contributed by atoms with van der Waals surface area (Å²) in [5.41, 5.74) is 0. The van der Waals surface area contributed by atoms with Gasteiger partial charge in [0, 0.05) is 12.8 Å². The van der Waals surface area contributed by atoms with Crippen LogP contribution < -0.4 is 10.2 Å². The third kappa shape index (κ3) is 65.5. The number of unbranched alkanes of at least 4 members (excludes halogenated alkanes) is 37. The molecule has 0 bridgehead atoms. The molecule has 0 aliphatic rings.